The van der Waals surface area contributed by atoms with E-state index < -0.39 is 11.7 Å². The molecular weight excluding hydrogens is 410 g/mol. The van der Waals surface area contributed by atoms with Crippen LogP contribution in [0.4, 0.5) is 16.6 Å². The molecule has 0 radical (unpaired) electrons. The molecule has 10 nitrogen and oxygen atoms in total. The number of carbonyl (C=O) groups is 2. The number of pyridine rings is 1. The van der Waals surface area contributed by atoms with E-state index in [0.717, 1.165) is 18.4 Å². The number of hydrogen-bond donors (Lipinski definition) is 4. The standard InChI is InChI=1S/C22H33N7O3/c1-5-9-24-18-17(19(30)25-13-14-27-21(31)32-22(2,3)4)15-28-20(29-18)26-12-8-16-6-10-23-11-7-16/h6-7,10-11,15H,5,8-9,12-14H2,1-4H3,(H,25,30)(H,27,31)(H2,24,26,28,29). The molecule has 2 aromatic rings. The van der Waals surface area contributed by atoms with Gasteiger partial charge in [-0.05, 0) is 51.3 Å². The van der Waals surface area contributed by atoms with Gasteiger partial charge in [-0.2, -0.15) is 4.98 Å². The number of aromatic nitrogens is 3. The van der Waals surface area contributed by atoms with Gasteiger partial charge >= 0.3 is 6.09 Å². The van der Waals surface area contributed by atoms with Gasteiger partial charge in [0.2, 0.25) is 5.95 Å². The monoisotopic (exact) mass is 443 g/mol. The lowest BCUT2D eigenvalue weighted by Crippen LogP contribution is -2.38. The number of nitrogens with zero attached hydrogens (tertiary/aromatic N) is 3. The molecule has 0 saturated heterocycles. The van der Waals surface area contributed by atoms with Gasteiger partial charge in [0.05, 0.1) is 0 Å². The maximum atomic E-state index is 12.6. The highest BCUT2D eigenvalue weighted by Gasteiger charge is 2.17. The third-order valence-electron chi connectivity index (χ3n) is 4.10. The molecule has 0 unspecified atom stereocenters. The van der Waals surface area contributed by atoms with Crippen LogP contribution >= 0.6 is 0 Å². The van der Waals surface area contributed by atoms with E-state index in [1.54, 1.807) is 33.2 Å². The average Bonchev–Trinajstić information content (AvgIpc) is 2.75. The second kappa shape index (κ2) is 12.4. The number of alkyl carbamates (subject to hydrolysis) is 1. The van der Waals surface area contributed by atoms with Crippen molar-refractivity contribution >= 4 is 23.8 Å². The molecule has 2 aromatic heterocycles. The molecule has 0 saturated carbocycles. The van der Waals surface area contributed by atoms with E-state index in [4.69, 9.17) is 4.74 Å². The van der Waals surface area contributed by atoms with Crippen LogP contribution in [0, 0.1) is 0 Å². The highest BCUT2D eigenvalue weighted by molar-refractivity contribution is 5.98. The quantitative estimate of drug-likeness (QED) is 0.390. The van der Waals surface area contributed by atoms with Crippen molar-refractivity contribution in [3.63, 3.8) is 0 Å². The fourth-order valence-electron chi connectivity index (χ4n) is 2.63. The molecule has 0 aromatic carbocycles. The highest BCUT2D eigenvalue weighted by atomic mass is 16.6. The second-order valence-electron chi connectivity index (χ2n) is 8.10. The lowest BCUT2D eigenvalue weighted by Gasteiger charge is -2.19. The van der Waals surface area contributed by atoms with Gasteiger partial charge in [-0.3, -0.25) is 9.78 Å². The Hall–Kier alpha value is -3.43. The zero-order valence-electron chi connectivity index (χ0n) is 19.2. The number of carbonyl (C=O) groups excluding carboxylic acids is 2. The molecule has 2 heterocycles. The minimum absolute atomic E-state index is 0.244. The first kappa shape index (κ1) is 24.8. The number of rotatable bonds is 11. The van der Waals surface area contributed by atoms with Crippen molar-refractivity contribution in [2.75, 3.05) is 36.8 Å². The first-order chi connectivity index (χ1) is 15.3. The van der Waals surface area contributed by atoms with Gasteiger partial charge in [0.15, 0.2) is 0 Å². The Balaban J connectivity index is 1.89. The highest BCUT2D eigenvalue weighted by Crippen LogP contribution is 2.14. The van der Waals surface area contributed by atoms with Gasteiger partial charge in [-0.15, -0.1) is 0 Å². The van der Waals surface area contributed by atoms with Gasteiger partial charge in [0.25, 0.3) is 5.91 Å². The normalized spacial score (nSPS) is 10.9. The molecule has 0 aliphatic carbocycles. The predicted molar refractivity (Wildman–Crippen MR) is 124 cm³/mol. The van der Waals surface area contributed by atoms with Crippen LogP contribution in [-0.2, 0) is 11.2 Å². The van der Waals surface area contributed by atoms with E-state index in [1.807, 2.05) is 19.1 Å². The number of amides is 2. The molecule has 174 valence electrons. The Bertz CT molecular complexity index is 870. The molecule has 0 aliphatic rings. The van der Waals surface area contributed by atoms with Crippen molar-refractivity contribution in [2.24, 2.45) is 0 Å². The maximum Gasteiger partial charge on any atom is 0.407 e. The lowest BCUT2D eigenvalue weighted by molar-refractivity contribution is 0.0526. The summed E-state index contributed by atoms with van der Waals surface area (Å²) in [7, 11) is 0. The van der Waals surface area contributed by atoms with Crippen LogP contribution in [0.2, 0.25) is 0 Å². The average molecular weight is 444 g/mol. The lowest BCUT2D eigenvalue weighted by atomic mass is 10.2. The van der Waals surface area contributed by atoms with Crippen molar-refractivity contribution in [1.29, 1.82) is 0 Å². The van der Waals surface area contributed by atoms with Crippen LogP contribution in [0.5, 0.6) is 0 Å². The fraction of sp³-hybridized carbons (Fsp3) is 0.500. The minimum atomic E-state index is -0.571. The van der Waals surface area contributed by atoms with Crippen molar-refractivity contribution in [2.45, 2.75) is 46.1 Å². The third kappa shape index (κ3) is 9.15. The predicted octanol–water partition coefficient (Wildman–Crippen LogP) is 2.60. The summed E-state index contributed by atoms with van der Waals surface area (Å²) < 4.78 is 5.16. The van der Waals surface area contributed by atoms with Crippen molar-refractivity contribution < 1.29 is 14.3 Å². The van der Waals surface area contributed by atoms with E-state index in [9.17, 15) is 9.59 Å². The summed E-state index contributed by atoms with van der Waals surface area (Å²) in [6.07, 6.45) is 6.18. The largest absolute Gasteiger partial charge is 0.444 e. The summed E-state index contributed by atoms with van der Waals surface area (Å²) in [6.45, 7) is 9.22. The van der Waals surface area contributed by atoms with E-state index in [2.05, 4.69) is 36.2 Å². The Morgan fingerprint density at radius 3 is 2.41 bits per heavy atom. The van der Waals surface area contributed by atoms with E-state index in [1.165, 1.54) is 6.20 Å². The topological polar surface area (TPSA) is 130 Å². The third-order valence-corrected chi connectivity index (χ3v) is 4.10. The van der Waals surface area contributed by atoms with Crippen LogP contribution in [-0.4, -0.2) is 58.7 Å². The Morgan fingerprint density at radius 2 is 1.72 bits per heavy atom. The molecule has 0 aliphatic heterocycles. The molecule has 0 bridgehead atoms. The Morgan fingerprint density at radius 1 is 1.00 bits per heavy atom. The zero-order chi connectivity index (χ0) is 23.4. The molecule has 2 rings (SSSR count). The minimum Gasteiger partial charge on any atom is -0.444 e. The summed E-state index contributed by atoms with van der Waals surface area (Å²) in [5.74, 6) is 0.588. The SMILES string of the molecule is CCCNc1nc(NCCc2ccncc2)ncc1C(=O)NCCNC(=O)OC(C)(C)C. The molecule has 32 heavy (non-hydrogen) atoms. The van der Waals surface area contributed by atoms with Crippen molar-refractivity contribution in [1.82, 2.24) is 25.6 Å². The second-order valence-corrected chi connectivity index (χ2v) is 8.10. The molecule has 4 N–H and O–H groups in total. The first-order valence-electron chi connectivity index (χ1n) is 10.8. The van der Waals surface area contributed by atoms with Crippen LogP contribution in [0.3, 0.4) is 0 Å². The zero-order valence-corrected chi connectivity index (χ0v) is 19.2. The number of nitrogens with one attached hydrogen (secondary N) is 4. The summed E-state index contributed by atoms with van der Waals surface area (Å²) in [6, 6.07) is 3.92. The summed E-state index contributed by atoms with van der Waals surface area (Å²) in [5, 5.41) is 11.7. The number of anilines is 2. The molecule has 10 heteroatoms. The van der Waals surface area contributed by atoms with Gasteiger partial charge in [0, 0.05) is 44.8 Å². The molecule has 0 spiro atoms. The number of ether oxygens (including phenoxy) is 1. The molecular formula is C22H33N7O3. The fourth-order valence-corrected chi connectivity index (χ4v) is 2.63. The van der Waals surface area contributed by atoms with Gasteiger partial charge in [0.1, 0.15) is 17.0 Å². The smallest absolute Gasteiger partial charge is 0.407 e. The van der Waals surface area contributed by atoms with Crippen LogP contribution in [0.15, 0.2) is 30.7 Å². The molecule has 2 amide bonds. The Labute approximate surface area is 189 Å². The van der Waals surface area contributed by atoms with Crippen LogP contribution < -0.4 is 21.3 Å². The Kier molecular flexibility index (Phi) is 9.65. The molecule has 0 fully saturated rings. The maximum absolute atomic E-state index is 12.6. The van der Waals surface area contributed by atoms with Crippen LogP contribution in [0.1, 0.15) is 50.0 Å². The molecule has 0 atom stereocenters. The summed E-state index contributed by atoms with van der Waals surface area (Å²) in [5.41, 5.74) is 0.932. The summed E-state index contributed by atoms with van der Waals surface area (Å²) in [4.78, 5) is 37.0. The van der Waals surface area contributed by atoms with Gasteiger partial charge < -0.3 is 26.0 Å². The summed E-state index contributed by atoms with van der Waals surface area (Å²) >= 11 is 0. The van der Waals surface area contributed by atoms with Crippen molar-refractivity contribution in [3.8, 4) is 0 Å². The van der Waals surface area contributed by atoms with Gasteiger partial charge in [-0.1, -0.05) is 6.92 Å². The number of hydrogen-bond acceptors (Lipinski definition) is 8. The van der Waals surface area contributed by atoms with E-state index in [0.29, 0.717) is 30.4 Å². The van der Waals surface area contributed by atoms with Gasteiger partial charge in [-0.25, -0.2) is 9.78 Å². The van der Waals surface area contributed by atoms with Crippen LogP contribution in [0.25, 0.3) is 0 Å². The van der Waals surface area contributed by atoms with E-state index in [-0.39, 0.29) is 19.0 Å². The van der Waals surface area contributed by atoms with Crippen molar-refractivity contribution in [3.05, 3.63) is 41.9 Å². The van der Waals surface area contributed by atoms with E-state index >= 15 is 0 Å². The first-order valence-corrected chi connectivity index (χ1v) is 10.8.